The summed E-state index contributed by atoms with van der Waals surface area (Å²) in [5.74, 6) is 6.64. The fourth-order valence-electron chi connectivity index (χ4n) is 6.41. The molecule has 2 atom stereocenters. The Morgan fingerprint density at radius 3 is 2.60 bits per heavy atom. The molecule has 2 aliphatic carbocycles. The summed E-state index contributed by atoms with van der Waals surface area (Å²) in [6.07, 6.45) is 22.1. The van der Waals surface area contributed by atoms with E-state index < -0.39 is 6.17 Å². The molecule has 0 radical (unpaired) electrons. The number of hydrogen-bond donors (Lipinski definition) is 0. The highest BCUT2D eigenvalue weighted by Crippen LogP contribution is 2.37. The van der Waals surface area contributed by atoms with Gasteiger partial charge in [0.15, 0.2) is 6.17 Å². The Morgan fingerprint density at radius 2 is 1.93 bits per heavy atom. The first-order valence-electron chi connectivity index (χ1n) is 15.8. The largest absolute Gasteiger partial charge is 0.298 e. The van der Waals surface area contributed by atoms with Gasteiger partial charge in [0.05, 0.1) is 10.7 Å². The maximum absolute atomic E-state index is 14.0. The molecule has 0 spiro atoms. The van der Waals surface area contributed by atoms with E-state index in [-0.39, 0.29) is 5.92 Å². The Kier molecular flexibility index (Phi) is 14.9. The van der Waals surface area contributed by atoms with Gasteiger partial charge in [0.1, 0.15) is 6.29 Å². The number of alkyl halides is 1. The number of aromatic nitrogens is 1. The lowest BCUT2D eigenvalue weighted by molar-refractivity contribution is -0.105. The molecule has 2 aliphatic rings. The van der Waals surface area contributed by atoms with E-state index in [2.05, 4.69) is 35.7 Å². The first-order valence-corrected chi connectivity index (χ1v) is 16.2. The van der Waals surface area contributed by atoms with Crippen molar-refractivity contribution in [2.45, 2.75) is 103 Å². The van der Waals surface area contributed by atoms with Gasteiger partial charge in [-0.15, -0.1) is 12.3 Å². The average molecular weight is 588 g/mol. The second-order valence-electron chi connectivity index (χ2n) is 11.8. The molecular weight excluding hydrogens is 541 g/mol. The predicted molar refractivity (Wildman–Crippen MR) is 176 cm³/mol. The maximum Gasteiger partial charge on any atom is 0.179 e. The third-order valence-corrected chi connectivity index (χ3v) is 9.13. The van der Waals surface area contributed by atoms with E-state index in [0.29, 0.717) is 16.5 Å². The Bertz CT molecular complexity index is 1230. The van der Waals surface area contributed by atoms with Crippen molar-refractivity contribution in [2.75, 3.05) is 0 Å². The van der Waals surface area contributed by atoms with Crippen LogP contribution in [-0.4, -0.2) is 17.4 Å². The molecule has 0 N–H and O–H groups in total. The molecule has 4 heteroatoms. The summed E-state index contributed by atoms with van der Waals surface area (Å²) in [6, 6.07) is 5.86. The molecule has 1 aromatic heterocycles. The summed E-state index contributed by atoms with van der Waals surface area (Å²) in [4.78, 5) is 17.2. The fourth-order valence-corrected chi connectivity index (χ4v) is 6.69. The molecule has 2 unspecified atom stereocenters. The van der Waals surface area contributed by atoms with Crippen LogP contribution in [0.1, 0.15) is 103 Å². The van der Waals surface area contributed by atoms with Crippen LogP contribution in [0.5, 0.6) is 0 Å². The summed E-state index contributed by atoms with van der Waals surface area (Å²) >= 11 is 6.54. The standard InChI is InChI=1S/C38H47ClFNO/c1-4-6-7-8-14-30-15-11-17-31(18-12-16-30)27-33(20-13-19-32(5-2)38-21-9-10-26-41-38)36(28-42)29(3)35-24-22-34(40)23-25-37(35)39/h4,9-10,21,23,25-26,28-31,34H,1-2,6-8,11-20,27H2,3H3. The molecule has 2 nitrogen and oxygen atoms in total. The minimum Gasteiger partial charge on any atom is -0.298 e. The lowest BCUT2D eigenvalue weighted by Gasteiger charge is -2.27. The molecule has 1 heterocycles. The van der Waals surface area contributed by atoms with Crippen molar-refractivity contribution >= 4 is 23.5 Å². The van der Waals surface area contributed by atoms with Gasteiger partial charge in [-0.3, -0.25) is 9.78 Å². The van der Waals surface area contributed by atoms with Crippen molar-refractivity contribution in [3.63, 3.8) is 0 Å². The van der Waals surface area contributed by atoms with Crippen molar-refractivity contribution in [3.8, 4) is 11.8 Å². The second kappa shape index (κ2) is 18.6. The van der Waals surface area contributed by atoms with Gasteiger partial charge >= 0.3 is 0 Å². The highest BCUT2D eigenvalue weighted by Gasteiger charge is 2.24. The number of pyridine rings is 1. The molecule has 42 heavy (non-hydrogen) atoms. The summed E-state index contributed by atoms with van der Waals surface area (Å²) in [6.45, 7) is 9.72. The molecule has 0 saturated heterocycles. The van der Waals surface area contributed by atoms with Crippen molar-refractivity contribution < 1.29 is 9.18 Å². The number of aldehydes is 1. The van der Waals surface area contributed by atoms with Crippen molar-refractivity contribution in [1.82, 2.24) is 4.98 Å². The van der Waals surface area contributed by atoms with Crippen LogP contribution in [0.2, 0.25) is 0 Å². The molecule has 1 fully saturated rings. The zero-order chi connectivity index (χ0) is 30.2. The third kappa shape index (κ3) is 10.7. The Balaban J connectivity index is 1.78. The molecule has 0 aliphatic heterocycles. The highest BCUT2D eigenvalue weighted by molar-refractivity contribution is 6.32. The zero-order valence-corrected chi connectivity index (χ0v) is 26.1. The van der Waals surface area contributed by atoms with E-state index in [9.17, 15) is 9.18 Å². The molecule has 3 rings (SSSR count). The van der Waals surface area contributed by atoms with Gasteiger partial charge in [-0.05, 0) is 80.2 Å². The van der Waals surface area contributed by atoms with Crippen molar-refractivity contribution in [1.29, 1.82) is 0 Å². The van der Waals surface area contributed by atoms with Crippen molar-refractivity contribution in [2.24, 2.45) is 17.8 Å². The first-order chi connectivity index (χ1) is 20.5. The molecular formula is C38H47ClFNO. The van der Waals surface area contributed by atoms with Crippen LogP contribution in [0.3, 0.4) is 0 Å². The number of carbonyl (C=O) groups is 1. The average Bonchev–Trinajstić information content (AvgIpc) is 3.16. The summed E-state index contributed by atoms with van der Waals surface area (Å²) in [5, 5.41) is 0.408. The summed E-state index contributed by atoms with van der Waals surface area (Å²) < 4.78 is 14.0. The van der Waals surface area contributed by atoms with Crippen molar-refractivity contribution in [3.05, 3.63) is 89.0 Å². The molecule has 1 saturated carbocycles. The minimum absolute atomic E-state index is 0.300. The highest BCUT2D eigenvalue weighted by atomic mass is 35.5. The third-order valence-electron chi connectivity index (χ3n) is 8.80. The van der Waals surface area contributed by atoms with Crippen LogP contribution in [0, 0.1) is 29.6 Å². The Hall–Kier alpha value is -2.92. The first kappa shape index (κ1) is 33.6. The molecule has 1 aromatic rings. The van der Waals surface area contributed by atoms with Crippen LogP contribution in [0.25, 0.3) is 5.57 Å². The van der Waals surface area contributed by atoms with Gasteiger partial charge in [0.2, 0.25) is 0 Å². The van der Waals surface area contributed by atoms with Crippen LogP contribution in [0.15, 0.2) is 83.3 Å². The maximum atomic E-state index is 14.0. The van der Waals surface area contributed by atoms with E-state index >= 15 is 0 Å². The van der Waals surface area contributed by atoms with Gasteiger partial charge < -0.3 is 0 Å². The van der Waals surface area contributed by atoms with Crippen LogP contribution in [0.4, 0.5) is 4.39 Å². The number of allylic oxidation sites excluding steroid dienone is 8. The number of carbonyl (C=O) groups excluding carboxylic acids is 1. The number of rotatable bonds is 15. The zero-order valence-electron chi connectivity index (χ0n) is 25.4. The van der Waals surface area contributed by atoms with Gasteiger partial charge in [-0.2, -0.15) is 0 Å². The molecule has 0 amide bonds. The number of hydrogen-bond acceptors (Lipinski definition) is 2. The van der Waals surface area contributed by atoms with E-state index in [0.717, 1.165) is 61.1 Å². The lowest BCUT2D eigenvalue weighted by atomic mass is 9.78. The summed E-state index contributed by atoms with van der Waals surface area (Å²) in [7, 11) is 0. The van der Waals surface area contributed by atoms with E-state index in [4.69, 9.17) is 11.6 Å². The van der Waals surface area contributed by atoms with Crippen LogP contribution < -0.4 is 0 Å². The van der Waals surface area contributed by atoms with Crippen LogP contribution >= 0.6 is 11.6 Å². The Morgan fingerprint density at radius 1 is 1.17 bits per heavy atom. The van der Waals surface area contributed by atoms with E-state index in [1.807, 2.05) is 31.2 Å². The Labute approximate surface area is 258 Å². The lowest BCUT2D eigenvalue weighted by Crippen LogP contribution is -2.14. The van der Waals surface area contributed by atoms with E-state index in [1.54, 1.807) is 12.3 Å². The van der Waals surface area contributed by atoms with Gasteiger partial charge in [-0.25, -0.2) is 4.39 Å². The predicted octanol–water partition coefficient (Wildman–Crippen LogP) is 10.7. The molecule has 0 bridgehead atoms. The quantitative estimate of drug-likeness (QED) is 0.0510. The smallest absolute Gasteiger partial charge is 0.179 e. The van der Waals surface area contributed by atoms with E-state index in [1.165, 1.54) is 69.4 Å². The topological polar surface area (TPSA) is 30.0 Å². The molecule has 224 valence electrons. The minimum atomic E-state index is -1.36. The number of halogens is 2. The van der Waals surface area contributed by atoms with Gasteiger partial charge in [0.25, 0.3) is 0 Å². The monoisotopic (exact) mass is 587 g/mol. The number of nitrogens with zero attached hydrogens (tertiary/aromatic N) is 1. The normalized spacial score (nSPS) is 21.9. The van der Waals surface area contributed by atoms with Gasteiger partial charge in [-0.1, -0.05) is 106 Å². The second-order valence-corrected chi connectivity index (χ2v) is 12.2. The van der Waals surface area contributed by atoms with Crippen LogP contribution in [-0.2, 0) is 4.79 Å². The molecule has 0 aromatic carbocycles. The van der Waals surface area contributed by atoms with Gasteiger partial charge in [0, 0.05) is 23.3 Å². The summed E-state index contributed by atoms with van der Waals surface area (Å²) in [5.41, 5.74) is 7.49. The fraction of sp³-hybridized carbons (Fsp3) is 0.500. The SMILES string of the molecule is C=C=C(CCCC(CC1CCCC(CCCCC=C)CCC1)=C(C=O)C(C)C1=C(Cl)C=CC(F)C#C1)c1ccccn1. The number of unbranched alkanes of at least 4 members (excludes halogenated alkanes) is 2.